The lowest BCUT2D eigenvalue weighted by molar-refractivity contribution is 0.0368. The highest BCUT2D eigenvalue weighted by molar-refractivity contribution is 7.20. The molecule has 1 aliphatic heterocycles. The Labute approximate surface area is 138 Å². The van der Waals surface area contributed by atoms with E-state index < -0.39 is 0 Å². The Hall–Kier alpha value is -1.96. The van der Waals surface area contributed by atoms with E-state index in [1.165, 1.54) is 0 Å². The molecule has 3 aromatic rings. The predicted molar refractivity (Wildman–Crippen MR) is 91.9 cm³/mol. The summed E-state index contributed by atoms with van der Waals surface area (Å²) >= 11 is 1.62. The third-order valence-corrected chi connectivity index (χ3v) is 4.98. The number of imidazole rings is 1. The molecule has 3 heterocycles. The van der Waals surface area contributed by atoms with Crippen LogP contribution < -0.4 is 10.6 Å². The van der Waals surface area contributed by atoms with Gasteiger partial charge in [-0.1, -0.05) is 41.7 Å². The van der Waals surface area contributed by atoms with Crippen molar-refractivity contribution < 1.29 is 4.74 Å². The number of rotatable bonds is 4. The summed E-state index contributed by atoms with van der Waals surface area (Å²) in [5.74, 6) is 0. The summed E-state index contributed by atoms with van der Waals surface area (Å²) in [6, 6.07) is 10.2. The average Bonchev–Trinajstić information content (AvgIpc) is 3.15. The van der Waals surface area contributed by atoms with Crippen LogP contribution in [0, 0.1) is 0 Å². The molecule has 0 bridgehead atoms. The Morgan fingerprint density at radius 1 is 1.30 bits per heavy atom. The summed E-state index contributed by atoms with van der Waals surface area (Å²) in [5, 5.41) is 5.69. The predicted octanol–water partition coefficient (Wildman–Crippen LogP) is 2.01. The Morgan fingerprint density at radius 3 is 2.96 bits per heavy atom. The van der Waals surface area contributed by atoms with Gasteiger partial charge in [0.25, 0.3) is 0 Å². The van der Waals surface area contributed by atoms with Crippen LogP contribution in [0.25, 0.3) is 16.2 Å². The smallest absolute Gasteiger partial charge is 0.214 e. The van der Waals surface area contributed by atoms with Crippen LogP contribution in [0.3, 0.4) is 0 Å². The molecule has 1 atom stereocenters. The molecule has 23 heavy (non-hydrogen) atoms. The number of fused-ring (bicyclic) bond motifs is 1. The highest BCUT2D eigenvalue weighted by Gasteiger charge is 2.23. The lowest BCUT2D eigenvalue weighted by Gasteiger charge is -2.32. The fraction of sp³-hybridized carbons (Fsp3) is 0.375. The quantitative estimate of drug-likeness (QED) is 0.793. The lowest BCUT2D eigenvalue weighted by atomic mass is 10.2. The van der Waals surface area contributed by atoms with E-state index >= 15 is 0 Å². The van der Waals surface area contributed by atoms with Crippen molar-refractivity contribution in [2.45, 2.75) is 12.5 Å². The van der Waals surface area contributed by atoms with Crippen molar-refractivity contribution in [1.29, 1.82) is 0 Å². The first-order valence-electron chi connectivity index (χ1n) is 7.82. The number of hydrogen-bond donors (Lipinski definition) is 1. The first kappa shape index (κ1) is 14.6. The zero-order valence-corrected chi connectivity index (χ0v) is 13.6. The minimum Gasteiger partial charge on any atom is -0.374 e. The molecule has 1 saturated heterocycles. The Kier molecular flexibility index (Phi) is 3.99. The fourth-order valence-electron chi connectivity index (χ4n) is 2.82. The van der Waals surface area contributed by atoms with Gasteiger partial charge in [-0.25, -0.2) is 9.50 Å². The molecule has 7 heteroatoms. The van der Waals surface area contributed by atoms with Crippen LogP contribution in [0.15, 0.2) is 36.5 Å². The van der Waals surface area contributed by atoms with Gasteiger partial charge >= 0.3 is 0 Å². The van der Waals surface area contributed by atoms with Crippen molar-refractivity contribution in [3.05, 3.63) is 36.5 Å². The van der Waals surface area contributed by atoms with Crippen LogP contribution in [0.5, 0.6) is 0 Å². The van der Waals surface area contributed by atoms with Crippen molar-refractivity contribution in [2.24, 2.45) is 5.73 Å². The average molecular weight is 329 g/mol. The van der Waals surface area contributed by atoms with E-state index in [1.54, 1.807) is 11.3 Å². The lowest BCUT2D eigenvalue weighted by Crippen LogP contribution is -2.43. The Morgan fingerprint density at radius 2 is 2.17 bits per heavy atom. The number of anilines is 1. The molecule has 0 amide bonds. The Balaban J connectivity index is 1.57. The van der Waals surface area contributed by atoms with Crippen LogP contribution in [0.2, 0.25) is 0 Å². The number of morpholine rings is 1. The molecule has 0 radical (unpaired) electrons. The van der Waals surface area contributed by atoms with E-state index in [2.05, 4.69) is 22.1 Å². The summed E-state index contributed by atoms with van der Waals surface area (Å²) in [7, 11) is 0. The van der Waals surface area contributed by atoms with Gasteiger partial charge < -0.3 is 15.4 Å². The van der Waals surface area contributed by atoms with Gasteiger partial charge in [-0.2, -0.15) is 0 Å². The second kappa shape index (κ2) is 6.27. The molecule has 1 aromatic carbocycles. The zero-order chi connectivity index (χ0) is 15.6. The topological polar surface area (TPSA) is 68.7 Å². The van der Waals surface area contributed by atoms with Crippen molar-refractivity contribution >= 4 is 21.4 Å². The van der Waals surface area contributed by atoms with E-state index in [1.807, 2.05) is 28.9 Å². The van der Waals surface area contributed by atoms with E-state index in [0.717, 1.165) is 47.5 Å². The van der Waals surface area contributed by atoms with Crippen molar-refractivity contribution in [1.82, 2.24) is 14.6 Å². The van der Waals surface area contributed by atoms with Crippen LogP contribution in [-0.4, -0.2) is 46.9 Å². The van der Waals surface area contributed by atoms with Crippen LogP contribution in [-0.2, 0) is 4.74 Å². The van der Waals surface area contributed by atoms with Crippen molar-refractivity contribution in [2.75, 3.05) is 31.1 Å². The summed E-state index contributed by atoms with van der Waals surface area (Å²) in [6.07, 6.45) is 3.07. The molecule has 2 aromatic heterocycles. The number of aromatic nitrogens is 3. The second-order valence-corrected chi connectivity index (χ2v) is 6.55. The fourth-order valence-corrected chi connectivity index (χ4v) is 3.74. The minimum absolute atomic E-state index is 0.199. The molecule has 0 spiro atoms. The maximum Gasteiger partial charge on any atom is 0.214 e. The molecule has 1 unspecified atom stereocenters. The van der Waals surface area contributed by atoms with E-state index in [9.17, 15) is 0 Å². The summed E-state index contributed by atoms with van der Waals surface area (Å²) in [5.41, 5.74) is 7.70. The summed E-state index contributed by atoms with van der Waals surface area (Å²) in [4.78, 5) is 7.88. The van der Waals surface area contributed by atoms with Gasteiger partial charge in [-0.05, 0) is 13.0 Å². The van der Waals surface area contributed by atoms with Gasteiger partial charge in [0, 0.05) is 18.7 Å². The molecule has 120 valence electrons. The highest BCUT2D eigenvalue weighted by atomic mass is 32.1. The first-order chi connectivity index (χ1) is 11.3. The van der Waals surface area contributed by atoms with Gasteiger partial charge in [-0.3, -0.25) is 0 Å². The van der Waals surface area contributed by atoms with Crippen LogP contribution in [0.4, 0.5) is 5.13 Å². The molecule has 1 fully saturated rings. The first-order valence-corrected chi connectivity index (χ1v) is 8.63. The molecule has 6 nitrogen and oxygen atoms in total. The SMILES string of the molecule is NCCC1CN(c2nn3cc(-c4ccccc4)nc3s2)CCO1. The number of nitrogens with two attached hydrogens (primary N) is 1. The maximum absolute atomic E-state index is 5.74. The molecule has 4 rings (SSSR count). The maximum atomic E-state index is 5.74. The number of benzene rings is 1. The van der Waals surface area contributed by atoms with Gasteiger partial charge in [-0.15, -0.1) is 5.10 Å². The molecule has 2 N–H and O–H groups in total. The standard InChI is InChI=1S/C16H19N5OS/c17-7-6-13-10-20(8-9-22-13)16-19-21-11-14(18-15(21)23-16)12-4-2-1-3-5-12/h1-5,11,13H,6-10,17H2. The molecule has 0 saturated carbocycles. The number of hydrogen-bond acceptors (Lipinski definition) is 6. The summed E-state index contributed by atoms with van der Waals surface area (Å²) in [6.45, 7) is 3.09. The molecule has 1 aliphatic rings. The second-order valence-electron chi connectivity index (χ2n) is 5.62. The molecular formula is C16H19N5OS. The van der Waals surface area contributed by atoms with Gasteiger partial charge in [0.2, 0.25) is 10.1 Å². The van der Waals surface area contributed by atoms with Gasteiger partial charge in [0.15, 0.2) is 0 Å². The van der Waals surface area contributed by atoms with Crippen LogP contribution in [0.1, 0.15) is 6.42 Å². The molecular weight excluding hydrogens is 310 g/mol. The third kappa shape index (κ3) is 2.95. The minimum atomic E-state index is 0.199. The van der Waals surface area contributed by atoms with E-state index in [4.69, 9.17) is 15.5 Å². The van der Waals surface area contributed by atoms with E-state index in [-0.39, 0.29) is 6.10 Å². The monoisotopic (exact) mass is 329 g/mol. The van der Waals surface area contributed by atoms with Crippen molar-refractivity contribution in [3.63, 3.8) is 0 Å². The van der Waals surface area contributed by atoms with Crippen molar-refractivity contribution in [3.8, 4) is 11.3 Å². The molecule has 0 aliphatic carbocycles. The normalized spacial score (nSPS) is 18.7. The number of nitrogens with zero attached hydrogens (tertiary/aromatic N) is 4. The highest BCUT2D eigenvalue weighted by Crippen LogP contribution is 2.27. The number of ether oxygens (including phenoxy) is 1. The summed E-state index contributed by atoms with van der Waals surface area (Å²) < 4.78 is 7.61. The van der Waals surface area contributed by atoms with Crippen LogP contribution >= 0.6 is 11.3 Å². The van der Waals surface area contributed by atoms with E-state index in [0.29, 0.717) is 6.54 Å². The van der Waals surface area contributed by atoms with Gasteiger partial charge in [0.1, 0.15) is 0 Å². The third-order valence-electron chi connectivity index (χ3n) is 4.00. The Bertz CT molecular complexity index is 751. The largest absolute Gasteiger partial charge is 0.374 e. The van der Waals surface area contributed by atoms with Gasteiger partial charge in [0.05, 0.1) is 24.6 Å². The zero-order valence-electron chi connectivity index (χ0n) is 12.8.